The molecule has 0 aliphatic rings. The fraction of sp³-hybridized carbons (Fsp3) is 0.364. The van der Waals surface area contributed by atoms with Crippen molar-refractivity contribution in [3.8, 4) is 17.2 Å². The fourth-order valence-electron chi connectivity index (χ4n) is 4.78. The molecule has 0 spiro atoms. The van der Waals surface area contributed by atoms with Crippen LogP contribution in [0.3, 0.4) is 0 Å². The van der Waals surface area contributed by atoms with E-state index in [1.807, 2.05) is 31.2 Å². The minimum atomic E-state index is -0.469. The summed E-state index contributed by atoms with van der Waals surface area (Å²) in [6, 6.07) is 14.3. The molecule has 224 valence electrons. The van der Waals surface area contributed by atoms with E-state index < -0.39 is 17.9 Å². The van der Waals surface area contributed by atoms with E-state index in [2.05, 4.69) is 0 Å². The lowest BCUT2D eigenvalue weighted by atomic mass is 9.90. The first-order valence-electron chi connectivity index (χ1n) is 13.7. The Morgan fingerprint density at radius 3 is 1.29 bits per heavy atom. The molecule has 3 aromatic carbocycles. The van der Waals surface area contributed by atoms with Crippen LogP contribution in [0.1, 0.15) is 66.7 Å². The van der Waals surface area contributed by atoms with Gasteiger partial charge in [0.1, 0.15) is 0 Å². The van der Waals surface area contributed by atoms with Crippen LogP contribution in [0.15, 0.2) is 48.5 Å². The van der Waals surface area contributed by atoms with E-state index in [0.29, 0.717) is 77.2 Å². The van der Waals surface area contributed by atoms with Crippen molar-refractivity contribution in [2.24, 2.45) is 0 Å². The highest BCUT2D eigenvalue weighted by atomic mass is 16.5. The first-order valence-corrected chi connectivity index (χ1v) is 13.7. The Labute approximate surface area is 246 Å². The Balaban J connectivity index is 2.07. The number of methoxy groups -OCH3 is 5. The number of rotatable bonds is 14. The standard InChI is InChI=1S/C33H38O9/c1-7-20-42-33(36)27-25(18-12-21-8-14-23(15-9-21)31(34)40-5)28(37-2)30(39-4)29(38-3)26(27)19-13-22-10-16-24(17-11-22)32(35)41-6/h8-11,14-17H,7,12-13,18-20H2,1-6H3. The monoisotopic (exact) mass is 578 g/mol. The Morgan fingerprint density at radius 1 is 0.548 bits per heavy atom. The summed E-state index contributed by atoms with van der Waals surface area (Å²) < 4.78 is 32.6. The Morgan fingerprint density at radius 2 is 0.952 bits per heavy atom. The van der Waals surface area contributed by atoms with Crippen molar-refractivity contribution in [1.82, 2.24) is 0 Å². The lowest BCUT2D eigenvalue weighted by molar-refractivity contribution is 0.0499. The van der Waals surface area contributed by atoms with Gasteiger partial charge in [0.15, 0.2) is 11.5 Å². The minimum Gasteiger partial charge on any atom is -0.492 e. The number of carbonyl (C=O) groups is 3. The van der Waals surface area contributed by atoms with Crippen LogP contribution in [0.25, 0.3) is 0 Å². The third-order valence-corrected chi connectivity index (χ3v) is 6.90. The van der Waals surface area contributed by atoms with E-state index >= 15 is 0 Å². The molecule has 3 rings (SSSR count). The Kier molecular flexibility index (Phi) is 11.8. The summed E-state index contributed by atoms with van der Waals surface area (Å²) in [4.78, 5) is 37.3. The lowest BCUT2D eigenvalue weighted by Crippen LogP contribution is -2.17. The molecule has 0 N–H and O–H groups in total. The maximum absolute atomic E-state index is 13.6. The van der Waals surface area contributed by atoms with Gasteiger partial charge in [-0.2, -0.15) is 0 Å². The molecule has 0 radical (unpaired) electrons. The topological polar surface area (TPSA) is 107 Å². The summed E-state index contributed by atoms with van der Waals surface area (Å²) in [6.45, 7) is 2.19. The maximum Gasteiger partial charge on any atom is 0.338 e. The van der Waals surface area contributed by atoms with Gasteiger partial charge in [0.2, 0.25) is 5.75 Å². The van der Waals surface area contributed by atoms with Crippen molar-refractivity contribution < 1.29 is 42.8 Å². The van der Waals surface area contributed by atoms with Gasteiger partial charge >= 0.3 is 17.9 Å². The molecule has 0 aliphatic heterocycles. The molecule has 9 nitrogen and oxygen atoms in total. The largest absolute Gasteiger partial charge is 0.492 e. The van der Waals surface area contributed by atoms with Crippen LogP contribution in [0.5, 0.6) is 17.2 Å². The first kappa shape index (κ1) is 32.0. The predicted molar refractivity (Wildman–Crippen MR) is 157 cm³/mol. The van der Waals surface area contributed by atoms with Gasteiger partial charge in [-0.3, -0.25) is 0 Å². The summed E-state index contributed by atoms with van der Waals surface area (Å²) in [7, 11) is 7.26. The van der Waals surface area contributed by atoms with Gasteiger partial charge < -0.3 is 28.4 Å². The summed E-state index contributed by atoms with van der Waals surface area (Å²) in [5, 5.41) is 0. The van der Waals surface area contributed by atoms with Gasteiger partial charge in [-0.25, -0.2) is 14.4 Å². The Hall–Kier alpha value is -4.53. The van der Waals surface area contributed by atoms with E-state index in [0.717, 1.165) is 11.1 Å². The summed E-state index contributed by atoms with van der Waals surface area (Å²) in [6.07, 6.45) is 2.63. The molecule has 0 aliphatic carbocycles. The van der Waals surface area contributed by atoms with Gasteiger partial charge in [-0.05, 0) is 67.5 Å². The molecular weight excluding hydrogens is 540 g/mol. The Bertz CT molecular complexity index is 1280. The van der Waals surface area contributed by atoms with E-state index in [1.165, 1.54) is 35.5 Å². The third-order valence-electron chi connectivity index (χ3n) is 6.90. The third kappa shape index (κ3) is 7.40. The summed E-state index contributed by atoms with van der Waals surface area (Å²) in [5.74, 6) is -0.102. The second-order valence-corrected chi connectivity index (χ2v) is 9.44. The van der Waals surface area contributed by atoms with Gasteiger partial charge in [0.05, 0.1) is 58.8 Å². The average Bonchev–Trinajstić information content (AvgIpc) is 3.03. The number of aryl methyl sites for hydroxylation is 2. The quantitative estimate of drug-likeness (QED) is 0.183. The smallest absolute Gasteiger partial charge is 0.338 e. The van der Waals surface area contributed by atoms with E-state index in [1.54, 1.807) is 24.3 Å². The van der Waals surface area contributed by atoms with Gasteiger partial charge in [-0.1, -0.05) is 31.2 Å². The van der Waals surface area contributed by atoms with E-state index in [9.17, 15) is 14.4 Å². The van der Waals surface area contributed by atoms with Crippen LogP contribution in [-0.2, 0) is 39.9 Å². The number of carbonyl (C=O) groups excluding carboxylic acids is 3. The molecule has 0 bridgehead atoms. The highest BCUT2D eigenvalue weighted by Crippen LogP contribution is 2.46. The zero-order chi connectivity index (χ0) is 30.6. The molecule has 0 saturated carbocycles. The fourth-order valence-corrected chi connectivity index (χ4v) is 4.78. The van der Waals surface area contributed by atoms with Gasteiger partial charge in [-0.15, -0.1) is 0 Å². The molecule has 0 amide bonds. The number of ether oxygens (including phenoxy) is 6. The predicted octanol–water partition coefficient (Wildman–Crippen LogP) is 5.42. The van der Waals surface area contributed by atoms with E-state index in [-0.39, 0.29) is 6.61 Å². The molecule has 0 atom stereocenters. The second kappa shape index (κ2) is 15.5. The molecule has 0 saturated heterocycles. The van der Waals surface area contributed by atoms with Crippen LogP contribution in [0.2, 0.25) is 0 Å². The van der Waals surface area contributed by atoms with Crippen molar-refractivity contribution in [3.05, 3.63) is 87.5 Å². The first-order chi connectivity index (χ1) is 20.3. The van der Waals surface area contributed by atoms with Crippen LogP contribution in [0, 0.1) is 0 Å². The molecule has 0 aromatic heterocycles. The number of esters is 3. The van der Waals surface area contributed by atoms with E-state index in [4.69, 9.17) is 28.4 Å². The molecule has 0 heterocycles. The van der Waals surface area contributed by atoms with Crippen LogP contribution in [-0.4, -0.2) is 60.1 Å². The van der Waals surface area contributed by atoms with Crippen LogP contribution in [0.4, 0.5) is 0 Å². The van der Waals surface area contributed by atoms with Crippen molar-refractivity contribution >= 4 is 17.9 Å². The normalized spacial score (nSPS) is 10.5. The maximum atomic E-state index is 13.6. The number of benzene rings is 3. The molecule has 0 unspecified atom stereocenters. The lowest BCUT2D eigenvalue weighted by Gasteiger charge is -2.23. The molecule has 42 heavy (non-hydrogen) atoms. The van der Waals surface area contributed by atoms with Gasteiger partial charge in [0.25, 0.3) is 0 Å². The summed E-state index contributed by atoms with van der Waals surface area (Å²) >= 11 is 0. The van der Waals surface area contributed by atoms with Crippen LogP contribution >= 0.6 is 0 Å². The van der Waals surface area contributed by atoms with Crippen LogP contribution < -0.4 is 14.2 Å². The number of hydrogen-bond acceptors (Lipinski definition) is 9. The zero-order valence-electron chi connectivity index (χ0n) is 25.0. The highest BCUT2D eigenvalue weighted by Gasteiger charge is 2.30. The second-order valence-electron chi connectivity index (χ2n) is 9.44. The average molecular weight is 579 g/mol. The SMILES string of the molecule is CCCOC(=O)c1c(CCc2ccc(C(=O)OC)cc2)c(OC)c(OC)c(OC)c1CCc1ccc(C(=O)OC)cc1. The molecular formula is C33H38O9. The summed E-state index contributed by atoms with van der Waals surface area (Å²) in [5.41, 5.74) is 4.49. The van der Waals surface area contributed by atoms with Crippen molar-refractivity contribution in [1.29, 1.82) is 0 Å². The van der Waals surface area contributed by atoms with Gasteiger partial charge in [0, 0.05) is 11.1 Å². The van der Waals surface area contributed by atoms with Crippen molar-refractivity contribution in [2.45, 2.75) is 39.0 Å². The zero-order valence-corrected chi connectivity index (χ0v) is 25.0. The minimum absolute atomic E-state index is 0.262. The number of hydrogen-bond donors (Lipinski definition) is 0. The molecule has 0 fully saturated rings. The molecule has 9 heteroatoms. The van der Waals surface area contributed by atoms with Crippen molar-refractivity contribution in [3.63, 3.8) is 0 Å². The van der Waals surface area contributed by atoms with Crippen molar-refractivity contribution in [2.75, 3.05) is 42.2 Å². The molecule has 3 aromatic rings. The highest BCUT2D eigenvalue weighted by molar-refractivity contribution is 5.96.